The lowest BCUT2D eigenvalue weighted by Crippen LogP contribution is -2.33. The molecule has 1 aromatic rings. The van der Waals surface area contributed by atoms with Gasteiger partial charge in [0, 0.05) is 19.6 Å². The van der Waals surface area contributed by atoms with Gasteiger partial charge in [-0.15, -0.1) is 0 Å². The molecule has 0 fully saturated rings. The maximum absolute atomic E-state index is 11.3. The molecule has 0 spiro atoms. The molecule has 104 valence electrons. The van der Waals surface area contributed by atoms with Crippen molar-refractivity contribution >= 4 is 11.5 Å². The normalized spacial score (nSPS) is 10.5. The van der Waals surface area contributed by atoms with Gasteiger partial charge in [0.15, 0.2) is 0 Å². The predicted octanol–water partition coefficient (Wildman–Crippen LogP) is 2.02. The van der Waals surface area contributed by atoms with Crippen molar-refractivity contribution in [2.45, 2.75) is 39.7 Å². The van der Waals surface area contributed by atoms with Crippen LogP contribution >= 0.6 is 0 Å². The Morgan fingerprint density at radius 3 is 2.63 bits per heavy atom. The van der Waals surface area contributed by atoms with Gasteiger partial charge in [-0.25, -0.2) is 4.68 Å². The van der Waals surface area contributed by atoms with E-state index in [0.29, 0.717) is 30.9 Å². The second-order valence-corrected chi connectivity index (χ2v) is 4.55. The summed E-state index contributed by atoms with van der Waals surface area (Å²) in [5.41, 5.74) is 0.529. The van der Waals surface area contributed by atoms with E-state index in [2.05, 4.69) is 11.2 Å². The van der Waals surface area contributed by atoms with Crippen molar-refractivity contribution < 1.29 is 4.92 Å². The smallest absolute Gasteiger partial charge is 0.334 e. The van der Waals surface area contributed by atoms with E-state index in [-0.39, 0.29) is 16.7 Å². The van der Waals surface area contributed by atoms with Gasteiger partial charge in [0.25, 0.3) is 0 Å². The van der Waals surface area contributed by atoms with Gasteiger partial charge >= 0.3 is 5.69 Å². The van der Waals surface area contributed by atoms with E-state index in [1.807, 2.05) is 25.7 Å². The fraction of sp³-hybridized carbons (Fsp3) is 0.667. The van der Waals surface area contributed by atoms with Crippen LogP contribution in [0.15, 0.2) is 0 Å². The molecule has 0 aromatic carbocycles. The second kappa shape index (κ2) is 6.18. The highest BCUT2D eigenvalue weighted by atomic mass is 16.6. The molecule has 1 heterocycles. The molecule has 7 heteroatoms. The minimum atomic E-state index is -0.386. The number of rotatable bonds is 6. The molecule has 0 bridgehead atoms. The Morgan fingerprint density at radius 1 is 1.58 bits per heavy atom. The molecule has 0 saturated carbocycles. The highest BCUT2D eigenvalue weighted by Gasteiger charge is 2.30. The summed E-state index contributed by atoms with van der Waals surface area (Å²) < 4.78 is 1.54. The number of nitriles is 1. The minimum absolute atomic E-state index is 0.0524. The average molecular weight is 265 g/mol. The van der Waals surface area contributed by atoms with Crippen LogP contribution in [0.1, 0.15) is 32.9 Å². The molecule has 19 heavy (non-hydrogen) atoms. The molecule has 1 aromatic heterocycles. The standard InChI is InChI=1S/C12H19N5O2/c1-5-10-11(17(18)19)12(15(4)14-10)16(9(2)3)8-6-7-13/h9H,5-6,8H2,1-4H3. The summed E-state index contributed by atoms with van der Waals surface area (Å²) in [6.45, 7) is 6.19. The maximum Gasteiger partial charge on any atom is 0.334 e. The van der Waals surface area contributed by atoms with Crippen LogP contribution in [0.3, 0.4) is 0 Å². The summed E-state index contributed by atoms with van der Waals surface area (Å²) in [5.74, 6) is 0.479. The SMILES string of the molecule is CCc1nn(C)c(N(CCC#N)C(C)C)c1[N+](=O)[O-]. The van der Waals surface area contributed by atoms with E-state index >= 15 is 0 Å². The molecule has 0 saturated heterocycles. The van der Waals surface area contributed by atoms with Crippen molar-refractivity contribution in [2.75, 3.05) is 11.4 Å². The van der Waals surface area contributed by atoms with Crippen molar-refractivity contribution in [1.29, 1.82) is 5.26 Å². The third kappa shape index (κ3) is 3.02. The van der Waals surface area contributed by atoms with Crippen LogP contribution in [0.4, 0.5) is 11.5 Å². The number of aromatic nitrogens is 2. The first-order valence-corrected chi connectivity index (χ1v) is 6.27. The van der Waals surface area contributed by atoms with Gasteiger partial charge in [0.2, 0.25) is 5.82 Å². The molecule has 0 unspecified atom stereocenters. The Hall–Kier alpha value is -2.10. The van der Waals surface area contributed by atoms with Crippen LogP contribution in [0, 0.1) is 21.4 Å². The first-order chi connectivity index (χ1) is 8.93. The zero-order valence-electron chi connectivity index (χ0n) is 11.8. The fourth-order valence-electron chi connectivity index (χ4n) is 2.08. The Morgan fingerprint density at radius 2 is 2.21 bits per heavy atom. The lowest BCUT2D eigenvalue weighted by Gasteiger charge is -2.26. The molecular weight excluding hydrogens is 246 g/mol. The first-order valence-electron chi connectivity index (χ1n) is 6.27. The molecule has 0 amide bonds. The predicted molar refractivity (Wildman–Crippen MR) is 72.0 cm³/mol. The quantitative estimate of drug-likeness (QED) is 0.580. The Balaban J connectivity index is 3.33. The summed E-state index contributed by atoms with van der Waals surface area (Å²) in [6.07, 6.45) is 0.830. The zero-order chi connectivity index (χ0) is 14.6. The summed E-state index contributed by atoms with van der Waals surface area (Å²) in [6, 6.07) is 2.13. The highest BCUT2D eigenvalue weighted by molar-refractivity contribution is 5.62. The van der Waals surface area contributed by atoms with Crippen LogP contribution in [0.25, 0.3) is 0 Å². The number of anilines is 1. The van der Waals surface area contributed by atoms with E-state index in [4.69, 9.17) is 5.26 Å². The topological polar surface area (TPSA) is 88.0 Å². The van der Waals surface area contributed by atoms with Gasteiger partial charge in [-0.3, -0.25) is 10.1 Å². The Bertz CT molecular complexity index is 501. The molecule has 0 aliphatic heterocycles. The second-order valence-electron chi connectivity index (χ2n) is 4.55. The maximum atomic E-state index is 11.3. The fourth-order valence-corrected chi connectivity index (χ4v) is 2.08. The van der Waals surface area contributed by atoms with Gasteiger partial charge in [-0.05, 0) is 20.3 Å². The van der Waals surface area contributed by atoms with E-state index in [0.717, 1.165) is 0 Å². The van der Waals surface area contributed by atoms with Gasteiger partial charge in [0.1, 0.15) is 5.69 Å². The van der Waals surface area contributed by atoms with Crippen LogP contribution in [-0.4, -0.2) is 27.3 Å². The molecule has 0 aliphatic carbocycles. The molecule has 0 atom stereocenters. The van der Waals surface area contributed by atoms with Gasteiger partial charge in [-0.1, -0.05) is 6.92 Å². The zero-order valence-corrected chi connectivity index (χ0v) is 11.8. The van der Waals surface area contributed by atoms with Crippen molar-refractivity contribution in [3.63, 3.8) is 0 Å². The first kappa shape index (κ1) is 15.0. The molecule has 1 rings (SSSR count). The molecule has 0 radical (unpaired) electrons. The lowest BCUT2D eigenvalue weighted by molar-refractivity contribution is -0.384. The third-order valence-electron chi connectivity index (χ3n) is 2.94. The average Bonchev–Trinajstić information content (AvgIpc) is 2.67. The van der Waals surface area contributed by atoms with Crippen LogP contribution in [0.5, 0.6) is 0 Å². The number of hydrogen-bond donors (Lipinski definition) is 0. The molecule has 0 N–H and O–H groups in total. The van der Waals surface area contributed by atoms with Gasteiger partial charge in [0.05, 0.1) is 17.4 Å². The van der Waals surface area contributed by atoms with E-state index in [1.54, 1.807) is 7.05 Å². The Kier molecular flexibility index (Phi) is 4.87. The third-order valence-corrected chi connectivity index (χ3v) is 2.94. The number of hydrogen-bond acceptors (Lipinski definition) is 5. The van der Waals surface area contributed by atoms with Crippen LogP contribution < -0.4 is 4.90 Å². The number of aryl methyl sites for hydroxylation is 2. The van der Waals surface area contributed by atoms with E-state index in [9.17, 15) is 10.1 Å². The van der Waals surface area contributed by atoms with Crippen molar-refractivity contribution in [3.8, 4) is 6.07 Å². The molecular formula is C12H19N5O2. The largest absolute Gasteiger partial charge is 0.348 e. The number of nitrogens with zero attached hydrogens (tertiary/aromatic N) is 5. The van der Waals surface area contributed by atoms with Crippen molar-refractivity contribution in [2.24, 2.45) is 7.05 Å². The summed E-state index contributed by atoms with van der Waals surface area (Å²) in [4.78, 5) is 12.7. The van der Waals surface area contributed by atoms with E-state index in [1.165, 1.54) is 4.68 Å². The van der Waals surface area contributed by atoms with E-state index < -0.39 is 0 Å². The summed E-state index contributed by atoms with van der Waals surface area (Å²) in [5, 5.41) is 24.2. The number of nitro groups is 1. The van der Waals surface area contributed by atoms with Crippen LogP contribution in [-0.2, 0) is 13.5 Å². The Labute approximate surface area is 112 Å². The molecule has 7 nitrogen and oxygen atoms in total. The van der Waals surface area contributed by atoms with Crippen molar-refractivity contribution in [1.82, 2.24) is 9.78 Å². The monoisotopic (exact) mass is 265 g/mol. The highest BCUT2D eigenvalue weighted by Crippen LogP contribution is 2.32. The van der Waals surface area contributed by atoms with Crippen LogP contribution in [0.2, 0.25) is 0 Å². The van der Waals surface area contributed by atoms with Gasteiger partial charge < -0.3 is 4.90 Å². The minimum Gasteiger partial charge on any atom is -0.348 e. The van der Waals surface area contributed by atoms with Crippen molar-refractivity contribution in [3.05, 3.63) is 15.8 Å². The lowest BCUT2D eigenvalue weighted by atomic mass is 10.2. The molecule has 0 aliphatic rings. The summed E-state index contributed by atoms with van der Waals surface area (Å²) in [7, 11) is 1.70. The summed E-state index contributed by atoms with van der Waals surface area (Å²) >= 11 is 0. The van der Waals surface area contributed by atoms with Gasteiger partial charge in [-0.2, -0.15) is 10.4 Å².